The van der Waals surface area contributed by atoms with E-state index in [-0.39, 0.29) is 0 Å². The Hall–Kier alpha value is 0.430. The molecule has 2 heterocycles. The molecule has 0 unspecified atom stereocenters. The van der Waals surface area contributed by atoms with Gasteiger partial charge in [0.05, 0.1) is 4.34 Å². The highest BCUT2D eigenvalue weighted by Gasteiger charge is 2.16. The van der Waals surface area contributed by atoms with E-state index in [2.05, 4.69) is 26.9 Å². The summed E-state index contributed by atoms with van der Waals surface area (Å²) in [7, 11) is 0. The van der Waals surface area contributed by atoms with Gasteiger partial charge >= 0.3 is 0 Å². The fourth-order valence-electron chi connectivity index (χ4n) is 1.72. The quantitative estimate of drug-likeness (QED) is 0.751. The largest absolute Gasteiger partial charge is 0.298 e. The van der Waals surface area contributed by atoms with Crippen LogP contribution < -0.4 is 0 Å². The maximum absolute atomic E-state index is 5.89. The lowest BCUT2D eigenvalue weighted by molar-refractivity contribution is 0.228. The summed E-state index contributed by atoms with van der Waals surface area (Å²) in [5.41, 5.74) is 0. The van der Waals surface area contributed by atoms with Gasteiger partial charge in [-0.05, 0) is 38.1 Å². The Morgan fingerprint density at radius 1 is 1.43 bits per heavy atom. The van der Waals surface area contributed by atoms with Crippen LogP contribution in [0.2, 0.25) is 4.34 Å². The Kier molecular flexibility index (Phi) is 3.88. The van der Waals surface area contributed by atoms with Gasteiger partial charge in [-0.15, -0.1) is 11.3 Å². The highest BCUT2D eigenvalue weighted by molar-refractivity contribution is 9.09. The van der Waals surface area contributed by atoms with Crippen LogP contribution in [-0.2, 0) is 6.54 Å². The second-order valence-electron chi connectivity index (χ2n) is 3.66. The molecule has 0 bridgehead atoms. The Balaban J connectivity index is 1.86. The van der Waals surface area contributed by atoms with Gasteiger partial charge in [0, 0.05) is 16.2 Å². The SMILES string of the molecule is Clc1ccc(CN2CCC(Br)CC2)s1. The van der Waals surface area contributed by atoms with Crippen molar-refractivity contribution in [2.45, 2.75) is 24.2 Å². The predicted molar refractivity (Wildman–Crippen MR) is 66.6 cm³/mol. The second-order valence-corrected chi connectivity index (χ2v) is 6.75. The molecule has 0 radical (unpaired) electrons. The van der Waals surface area contributed by atoms with Crippen LogP contribution in [0.3, 0.4) is 0 Å². The van der Waals surface area contributed by atoms with Crippen LogP contribution in [0.5, 0.6) is 0 Å². The fourth-order valence-corrected chi connectivity index (χ4v) is 3.26. The lowest BCUT2D eigenvalue weighted by Gasteiger charge is -2.28. The molecule has 78 valence electrons. The molecule has 0 N–H and O–H groups in total. The van der Waals surface area contributed by atoms with Crippen molar-refractivity contribution in [2.24, 2.45) is 0 Å². The third-order valence-electron chi connectivity index (χ3n) is 2.53. The molecule has 1 aromatic rings. The van der Waals surface area contributed by atoms with Crippen LogP contribution in [0.1, 0.15) is 17.7 Å². The Bertz CT molecular complexity index is 294. The minimum Gasteiger partial charge on any atom is -0.298 e. The van der Waals surface area contributed by atoms with Gasteiger partial charge in [0.15, 0.2) is 0 Å². The molecule has 1 aromatic heterocycles. The molecule has 1 nitrogen and oxygen atoms in total. The van der Waals surface area contributed by atoms with Crippen molar-refractivity contribution < 1.29 is 0 Å². The Morgan fingerprint density at radius 3 is 2.71 bits per heavy atom. The van der Waals surface area contributed by atoms with E-state index in [0.717, 1.165) is 15.7 Å². The molecule has 1 aliphatic rings. The molecule has 4 heteroatoms. The first-order valence-corrected chi connectivity index (χ1v) is 6.96. The zero-order chi connectivity index (χ0) is 9.97. The van der Waals surface area contributed by atoms with Crippen LogP contribution in [0, 0.1) is 0 Å². The molecular weight excluding hydrogens is 282 g/mol. The summed E-state index contributed by atoms with van der Waals surface area (Å²) in [5.74, 6) is 0. The topological polar surface area (TPSA) is 3.24 Å². The minimum atomic E-state index is 0.727. The molecule has 14 heavy (non-hydrogen) atoms. The van der Waals surface area contributed by atoms with Crippen LogP contribution in [0.25, 0.3) is 0 Å². The molecule has 0 aliphatic carbocycles. The van der Waals surface area contributed by atoms with Gasteiger partial charge in [-0.3, -0.25) is 4.90 Å². The maximum Gasteiger partial charge on any atom is 0.0931 e. The monoisotopic (exact) mass is 293 g/mol. The van der Waals surface area contributed by atoms with Crippen molar-refractivity contribution in [1.82, 2.24) is 4.90 Å². The lowest BCUT2D eigenvalue weighted by Crippen LogP contribution is -2.33. The van der Waals surface area contributed by atoms with Crippen molar-refractivity contribution in [3.05, 3.63) is 21.3 Å². The summed E-state index contributed by atoms with van der Waals surface area (Å²) in [5, 5.41) is 0. The number of rotatable bonds is 2. The van der Waals surface area contributed by atoms with Crippen LogP contribution in [0.15, 0.2) is 12.1 Å². The number of thiophene rings is 1. The minimum absolute atomic E-state index is 0.727. The van der Waals surface area contributed by atoms with E-state index < -0.39 is 0 Å². The van der Waals surface area contributed by atoms with Gasteiger partial charge < -0.3 is 0 Å². The van der Waals surface area contributed by atoms with E-state index in [1.807, 2.05) is 6.07 Å². The number of hydrogen-bond acceptors (Lipinski definition) is 2. The summed E-state index contributed by atoms with van der Waals surface area (Å²) < 4.78 is 0.898. The molecule has 1 aliphatic heterocycles. The standard InChI is InChI=1S/C10H13BrClNS/c11-8-3-5-13(6-4-8)7-9-1-2-10(12)14-9/h1-2,8H,3-7H2. The molecule has 0 spiro atoms. The number of likely N-dealkylation sites (tertiary alicyclic amines) is 1. The van der Waals surface area contributed by atoms with E-state index >= 15 is 0 Å². The summed E-state index contributed by atoms with van der Waals surface area (Å²) in [6.07, 6.45) is 2.53. The molecule has 0 saturated carbocycles. The lowest BCUT2D eigenvalue weighted by atomic mass is 10.1. The van der Waals surface area contributed by atoms with Gasteiger partial charge in [-0.25, -0.2) is 0 Å². The first-order chi connectivity index (χ1) is 6.74. The van der Waals surface area contributed by atoms with Crippen LogP contribution in [-0.4, -0.2) is 22.8 Å². The van der Waals surface area contributed by atoms with E-state index in [1.54, 1.807) is 11.3 Å². The molecule has 2 rings (SSSR count). The van der Waals surface area contributed by atoms with Gasteiger partial charge in [0.1, 0.15) is 0 Å². The third-order valence-corrected chi connectivity index (χ3v) is 4.66. The maximum atomic E-state index is 5.89. The third kappa shape index (κ3) is 2.96. The fraction of sp³-hybridized carbons (Fsp3) is 0.600. The summed E-state index contributed by atoms with van der Waals surface area (Å²) in [6, 6.07) is 4.12. The number of hydrogen-bond donors (Lipinski definition) is 0. The zero-order valence-electron chi connectivity index (χ0n) is 7.88. The van der Waals surface area contributed by atoms with Crippen molar-refractivity contribution in [3.8, 4) is 0 Å². The molecule has 1 fully saturated rings. The van der Waals surface area contributed by atoms with Gasteiger partial charge in [0.2, 0.25) is 0 Å². The Morgan fingerprint density at radius 2 is 2.14 bits per heavy atom. The smallest absolute Gasteiger partial charge is 0.0931 e. The van der Waals surface area contributed by atoms with Gasteiger partial charge in [-0.1, -0.05) is 27.5 Å². The van der Waals surface area contributed by atoms with Gasteiger partial charge in [0.25, 0.3) is 0 Å². The van der Waals surface area contributed by atoms with E-state index in [0.29, 0.717) is 0 Å². The van der Waals surface area contributed by atoms with E-state index in [9.17, 15) is 0 Å². The van der Waals surface area contributed by atoms with E-state index in [4.69, 9.17) is 11.6 Å². The molecule has 0 aromatic carbocycles. The summed E-state index contributed by atoms with van der Waals surface area (Å²) in [6.45, 7) is 3.47. The molecular formula is C10H13BrClNS. The molecule has 1 saturated heterocycles. The second kappa shape index (κ2) is 4.97. The summed E-state index contributed by atoms with van der Waals surface area (Å²) >= 11 is 11.2. The van der Waals surface area contributed by atoms with Crippen LogP contribution >= 0.6 is 38.9 Å². The first-order valence-electron chi connectivity index (χ1n) is 4.84. The number of alkyl halides is 1. The summed E-state index contributed by atoms with van der Waals surface area (Å²) in [4.78, 5) is 4.61. The average molecular weight is 295 g/mol. The van der Waals surface area contributed by atoms with Crippen molar-refractivity contribution >= 4 is 38.9 Å². The van der Waals surface area contributed by atoms with Gasteiger partial charge in [-0.2, -0.15) is 0 Å². The number of nitrogens with zero attached hydrogens (tertiary/aromatic N) is 1. The predicted octanol–water partition coefficient (Wildman–Crippen LogP) is 3.76. The van der Waals surface area contributed by atoms with Crippen LogP contribution in [0.4, 0.5) is 0 Å². The highest BCUT2D eigenvalue weighted by atomic mass is 79.9. The van der Waals surface area contributed by atoms with E-state index in [1.165, 1.54) is 30.8 Å². The Labute approximate surface area is 102 Å². The number of halogens is 2. The highest BCUT2D eigenvalue weighted by Crippen LogP contribution is 2.25. The number of piperidine rings is 1. The van der Waals surface area contributed by atoms with Crippen molar-refractivity contribution in [1.29, 1.82) is 0 Å². The zero-order valence-corrected chi connectivity index (χ0v) is 11.0. The molecule has 0 amide bonds. The molecule has 0 atom stereocenters. The van der Waals surface area contributed by atoms with Crippen molar-refractivity contribution in [2.75, 3.05) is 13.1 Å². The van der Waals surface area contributed by atoms with Crippen molar-refractivity contribution in [3.63, 3.8) is 0 Å². The average Bonchev–Trinajstić information content (AvgIpc) is 2.56. The first kappa shape index (κ1) is 10.9. The normalized spacial score (nSPS) is 20.1.